The summed E-state index contributed by atoms with van der Waals surface area (Å²) in [6.45, 7) is 6.81. The number of Topliss-reactive ketones (excluding diaryl/α,β-unsaturated/α-hetero) is 1. The minimum absolute atomic E-state index is 0.0914. The number of carbonyl (C=O) groups is 2. The van der Waals surface area contributed by atoms with E-state index in [-0.39, 0.29) is 11.3 Å². The Hall–Kier alpha value is -2.82. The van der Waals surface area contributed by atoms with E-state index in [1.165, 1.54) is 11.8 Å². The maximum atomic E-state index is 13.0. The van der Waals surface area contributed by atoms with E-state index < -0.39 is 23.5 Å². The van der Waals surface area contributed by atoms with Gasteiger partial charge >= 0.3 is 0 Å². The molecule has 1 aliphatic heterocycles. The second-order valence-corrected chi connectivity index (χ2v) is 7.50. The van der Waals surface area contributed by atoms with Crippen LogP contribution in [0.3, 0.4) is 0 Å². The van der Waals surface area contributed by atoms with Crippen LogP contribution in [0.2, 0.25) is 0 Å². The number of hydrogen-bond acceptors (Lipinski definition) is 4. The van der Waals surface area contributed by atoms with Gasteiger partial charge in [-0.25, -0.2) is 0 Å². The molecule has 2 heterocycles. The standard InChI is InChI=1S/C23H27NO4/c1-4-5-6-13-24-20(17-11-9-16(10-12-17)15(2)3)19(22(26)23(24)27)21(25)18-8-7-14-28-18/h7-12,14-15,20,26H,4-6,13H2,1-3H3. The first-order valence-corrected chi connectivity index (χ1v) is 9.87. The summed E-state index contributed by atoms with van der Waals surface area (Å²) in [5.74, 6) is -0.923. The van der Waals surface area contributed by atoms with Crippen molar-refractivity contribution in [1.82, 2.24) is 4.90 Å². The Balaban J connectivity index is 2.01. The predicted octanol–water partition coefficient (Wildman–Crippen LogP) is 5.17. The molecule has 28 heavy (non-hydrogen) atoms. The number of ketones is 1. The van der Waals surface area contributed by atoms with Gasteiger partial charge in [0.25, 0.3) is 5.91 Å². The molecule has 0 saturated carbocycles. The lowest BCUT2D eigenvalue weighted by molar-refractivity contribution is -0.129. The molecule has 0 bridgehead atoms. The third-order valence-electron chi connectivity index (χ3n) is 5.21. The summed E-state index contributed by atoms with van der Waals surface area (Å²) in [6, 6.07) is 10.5. The van der Waals surface area contributed by atoms with Crippen molar-refractivity contribution in [3.05, 3.63) is 70.9 Å². The maximum Gasteiger partial charge on any atom is 0.290 e. The van der Waals surface area contributed by atoms with Gasteiger partial charge < -0.3 is 14.4 Å². The summed E-state index contributed by atoms with van der Waals surface area (Å²) in [7, 11) is 0. The summed E-state index contributed by atoms with van der Waals surface area (Å²) in [4.78, 5) is 27.4. The van der Waals surface area contributed by atoms with Crippen LogP contribution in [-0.4, -0.2) is 28.2 Å². The molecule has 1 atom stereocenters. The topological polar surface area (TPSA) is 70.8 Å². The quantitative estimate of drug-likeness (QED) is 0.506. The predicted molar refractivity (Wildman–Crippen MR) is 107 cm³/mol. The number of hydrogen-bond donors (Lipinski definition) is 1. The maximum absolute atomic E-state index is 13.0. The molecule has 0 aliphatic carbocycles. The van der Waals surface area contributed by atoms with E-state index >= 15 is 0 Å². The van der Waals surface area contributed by atoms with Crippen LogP contribution in [0.15, 0.2) is 58.4 Å². The molecule has 1 N–H and O–H groups in total. The van der Waals surface area contributed by atoms with Crippen molar-refractivity contribution in [1.29, 1.82) is 0 Å². The highest BCUT2D eigenvalue weighted by atomic mass is 16.3. The van der Waals surface area contributed by atoms with Crippen LogP contribution in [0.25, 0.3) is 0 Å². The van der Waals surface area contributed by atoms with Gasteiger partial charge in [-0.3, -0.25) is 9.59 Å². The minimum atomic E-state index is -0.608. The summed E-state index contributed by atoms with van der Waals surface area (Å²) in [5, 5.41) is 10.6. The van der Waals surface area contributed by atoms with Crippen LogP contribution in [0.1, 0.15) is 73.7 Å². The molecule has 2 aromatic rings. The Labute approximate surface area is 165 Å². The molecule has 0 fully saturated rings. The van der Waals surface area contributed by atoms with Crippen molar-refractivity contribution in [2.75, 3.05) is 6.54 Å². The van der Waals surface area contributed by atoms with E-state index in [0.717, 1.165) is 24.8 Å². The number of aliphatic hydroxyl groups excluding tert-OH is 1. The lowest BCUT2D eigenvalue weighted by atomic mass is 9.93. The highest BCUT2D eigenvalue weighted by Crippen LogP contribution is 2.39. The number of amides is 1. The first kappa shape index (κ1) is 19.9. The smallest absolute Gasteiger partial charge is 0.290 e. The van der Waals surface area contributed by atoms with Gasteiger partial charge in [-0.05, 0) is 35.6 Å². The SMILES string of the molecule is CCCCCN1C(=O)C(O)=C(C(=O)c2ccco2)C1c1ccc(C(C)C)cc1. The fraction of sp³-hybridized carbons (Fsp3) is 0.391. The van der Waals surface area contributed by atoms with Crippen LogP contribution in [0.5, 0.6) is 0 Å². The van der Waals surface area contributed by atoms with Gasteiger partial charge in [0, 0.05) is 6.54 Å². The van der Waals surface area contributed by atoms with E-state index in [1.54, 1.807) is 17.0 Å². The molecule has 5 nitrogen and oxygen atoms in total. The number of furan rings is 1. The highest BCUT2D eigenvalue weighted by Gasteiger charge is 2.44. The van der Waals surface area contributed by atoms with Crippen molar-refractivity contribution in [2.24, 2.45) is 0 Å². The molecule has 1 amide bonds. The molecular formula is C23H27NO4. The molecule has 0 saturated heterocycles. The largest absolute Gasteiger partial charge is 0.503 e. The molecule has 3 rings (SSSR count). The van der Waals surface area contributed by atoms with E-state index in [0.29, 0.717) is 12.5 Å². The van der Waals surface area contributed by atoms with Crippen molar-refractivity contribution in [3.8, 4) is 0 Å². The average Bonchev–Trinajstić information content (AvgIpc) is 3.31. The van der Waals surface area contributed by atoms with E-state index in [4.69, 9.17) is 4.42 Å². The van der Waals surface area contributed by atoms with Crippen LogP contribution < -0.4 is 0 Å². The van der Waals surface area contributed by atoms with E-state index in [9.17, 15) is 14.7 Å². The van der Waals surface area contributed by atoms with Gasteiger partial charge in [-0.15, -0.1) is 0 Å². The first-order valence-electron chi connectivity index (χ1n) is 9.87. The van der Waals surface area contributed by atoms with Gasteiger partial charge in [0.05, 0.1) is 17.9 Å². The molecule has 1 aromatic heterocycles. The fourth-order valence-electron chi connectivity index (χ4n) is 3.60. The Morgan fingerprint density at radius 3 is 2.46 bits per heavy atom. The molecule has 1 aromatic carbocycles. The summed E-state index contributed by atoms with van der Waals surface area (Å²) in [6.07, 6.45) is 4.23. The van der Waals surface area contributed by atoms with Gasteiger partial charge in [0.15, 0.2) is 11.5 Å². The Kier molecular flexibility index (Phi) is 6.02. The zero-order valence-corrected chi connectivity index (χ0v) is 16.6. The number of rotatable bonds is 8. The van der Waals surface area contributed by atoms with Crippen molar-refractivity contribution < 1.29 is 19.1 Å². The van der Waals surface area contributed by atoms with Crippen molar-refractivity contribution in [2.45, 2.75) is 52.0 Å². The van der Waals surface area contributed by atoms with Crippen molar-refractivity contribution in [3.63, 3.8) is 0 Å². The zero-order valence-electron chi connectivity index (χ0n) is 16.6. The van der Waals surface area contributed by atoms with Gasteiger partial charge in [0.1, 0.15) is 0 Å². The second-order valence-electron chi connectivity index (χ2n) is 7.50. The van der Waals surface area contributed by atoms with Crippen LogP contribution in [0.4, 0.5) is 0 Å². The molecule has 1 aliphatic rings. The number of carbonyl (C=O) groups excluding carboxylic acids is 2. The molecule has 5 heteroatoms. The Bertz CT molecular complexity index is 863. The lowest BCUT2D eigenvalue weighted by Gasteiger charge is -2.27. The van der Waals surface area contributed by atoms with Crippen LogP contribution >= 0.6 is 0 Å². The number of unbranched alkanes of at least 4 members (excludes halogenated alkanes) is 2. The third kappa shape index (κ3) is 3.75. The second kappa shape index (κ2) is 8.46. The monoisotopic (exact) mass is 381 g/mol. The van der Waals surface area contributed by atoms with Gasteiger partial charge in [-0.1, -0.05) is 57.9 Å². The average molecular weight is 381 g/mol. The lowest BCUT2D eigenvalue weighted by Crippen LogP contribution is -2.32. The number of benzene rings is 1. The molecular weight excluding hydrogens is 354 g/mol. The van der Waals surface area contributed by atoms with Gasteiger partial charge in [-0.2, -0.15) is 0 Å². The fourth-order valence-corrected chi connectivity index (χ4v) is 3.60. The summed E-state index contributed by atoms with van der Waals surface area (Å²) >= 11 is 0. The first-order chi connectivity index (χ1) is 13.5. The number of aliphatic hydroxyl groups is 1. The minimum Gasteiger partial charge on any atom is -0.503 e. The summed E-state index contributed by atoms with van der Waals surface area (Å²) < 4.78 is 5.24. The Morgan fingerprint density at radius 2 is 1.89 bits per heavy atom. The normalized spacial score (nSPS) is 17.1. The summed E-state index contributed by atoms with van der Waals surface area (Å²) in [5.41, 5.74) is 2.08. The van der Waals surface area contributed by atoms with Crippen molar-refractivity contribution >= 4 is 11.7 Å². The Morgan fingerprint density at radius 1 is 1.18 bits per heavy atom. The zero-order chi connectivity index (χ0) is 20.3. The van der Waals surface area contributed by atoms with E-state index in [2.05, 4.69) is 20.8 Å². The molecule has 148 valence electrons. The van der Waals surface area contributed by atoms with E-state index in [1.807, 2.05) is 24.3 Å². The molecule has 1 unspecified atom stereocenters. The van der Waals surface area contributed by atoms with Crippen LogP contribution in [0, 0.1) is 0 Å². The van der Waals surface area contributed by atoms with Crippen LogP contribution in [-0.2, 0) is 4.79 Å². The third-order valence-corrected chi connectivity index (χ3v) is 5.21. The van der Waals surface area contributed by atoms with Gasteiger partial charge in [0.2, 0.25) is 5.78 Å². The molecule has 0 radical (unpaired) electrons. The number of nitrogens with zero attached hydrogens (tertiary/aromatic N) is 1. The molecule has 0 spiro atoms. The highest BCUT2D eigenvalue weighted by molar-refractivity contribution is 6.15.